The molecule has 10 rings (SSSR count). The van der Waals surface area contributed by atoms with Gasteiger partial charge in [0.15, 0.2) is 42.7 Å². The number of carboxylic acid groups (broad SMARTS) is 3. The predicted molar refractivity (Wildman–Crippen MR) is 322 cm³/mol. The fraction of sp³-hybridized carbons (Fsp3) is 0.556. The summed E-state index contributed by atoms with van der Waals surface area (Å²) in [7, 11) is 0. The maximum atomic E-state index is 11.7. The van der Waals surface area contributed by atoms with E-state index in [2.05, 4.69) is 26.3 Å². The second kappa shape index (κ2) is 38.4. The van der Waals surface area contributed by atoms with Crippen LogP contribution in [0.1, 0.15) is 32.6 Å². The van der Waals surface area contributed by atoms with Gasteiger partial charge < -0.3 is 126 Å². The summed E-state index contributed by atoms with van der Waals surface area (Å²) in [6.45, 7) is 17.0. The van der Waals surface area contributed by atoms with E-state index in [1.807, 2.05) is 6.92 Å². The van der Waals surface area contributed by atoms with Crippen molar-refractivity contribution in [3.63, 3.8) is 0 Å². The minimum Gasteiger partial charge on any atom is -0.513 e. The van der Waals surface area contributed by atoms with Crippen LogP contribution in [0.3, 0.4) is 0 Å². The van der Waals surface area contributed by atoms with Crippen molar-refractivity contribution < 1.29 is 174 Å². The van der Waals surface area contributed by atoms with Crippen LogP contribution >= 0.6 is 0 Å². The van der Waals surface area contributed by atoms with Gasteiger partial charge in [0, 0.05) is 67.4 Å². The predicted octanol–water partition coefficient (Wildman–Crippen LogP) is -0.458. The van der Waals surface area contributed by atoms with Gasteiger partial charge in [0.05, 0.1) is 96.5 Å². The van der Waals surface area contributed by atoms with Gasteiger partial charge in [-0.1, -0.05) is 33.2 Å². The van der Waals surface area contributed by atoms with Gasteiger partial charge in [-0.25, -0.2) is 38.4 Å². The molecule has 9 N–H and O–H groups in total. The normalized spacial score (nSPS) is 32.4. The molecule has 10 aliphatic rings. The number of aliphatic hydroxyl groups is 6. The average molecular weight is 1410 g/mol. The molecule has 10 heterocycles. The molecule has 36 nitrogen and oxygen atoms in total. The number of aliphatic carboxylic acids is 3. The number of carboxylic acids is 3. The zero-order valence-electron chi connectivity index (χ0n) is 53.1. The summed E-state index contributed by atoms with van der Waals surface area (Å²) in [5.41, 5.74) is 0. The summed E-state index contributed by atoms with van der Waals surface area (Å²) in [5, 5.41) is 79.7. The van der Waals surface area contributed by atoms with Gasteiger partial charge in [-0.15, -0.1) is 0 Å². The van der Waals surface area contributed by atoms with Crippen LogP contribution in [0.2, 0.25) is 0 Å². The molecule has 20 atom stereocenters. The maximum Gasteiger partial charge on any atom is 0.331 e. The third-order valence-electron chi connectivity index (χ3n) is 15.2. The Morgan fingerprint density at radius 3 is 0.798 bits per heavy atom. The highest BCUT2D eigenvalue weighted by molar-refractivity contribution is 5.92. The molecule has 0 aromatic heterocycles. The van der Waals surface area contributed by atoms with E-state index < -0.39 is 157 Å². The highest BCUT2D eigenvalue weighted by Gasteiger charge is 2.54. The molecule has 0 aromatic carbocycles. The Kier molecular flexibility index (Phi) is 30.7. The molecule has 0 spiro atoms. The van der Waals surface area contributed by atoms with E-state index in [0.717, 1.165) is 48.6 Å². The van der Waals surface area contributed by atoms with Crippen molar-refractivity contribution in [3.05, 3.63) is 110 Å². The van der Waals surface area contributed by atoms with Crippen LogP contribution in [0, 0.1) is 5.92 Å². The van der Waals surface area contributed by atoms with E-state index in [0.29, 0.717) is 31.3 Å². The fourth-order valence-electron chi connectivity index (χ4n) is 10.7. The third-order valence-corrected chi connectivity index (χ3v) is 15.2. The lowest BCUT2D eigenvalue weighted by Gasteiger charge is -2.17. The van der Waals surface area contributed by atoms with Crippen molar-refractivity contribution in [1.82, 2.24) is 0 Å². The van der Waals surface area contributed by atoms with Gasteiger partial charge in [-0.2, -0.15) is 0 Å². The molecule has 546 valence electrons. The monoisotopic (exact) mass is 1410 g/mol. The van der Waals surface area contributed by atoms with Gasteiger partial charge >= 0.3 is 59.7 Å². The lowest BCUT2D eigenvalue weighted by molar-refractivity contribution is -0.155. The SMILES string of the molecule is C=C(O)/C=C\C(=O)O[C@H]1CO[C@H]2[C@@H]1OC[C@H]2O.C=C(O)/C=C\C(=O)O[C@H]1CO[C@H]2[C@@H]1OC[C@H]2OC(=O)/C=C/C(=O)O.C=C(O)CCC(=O)O[C@H]1CO[C@H]2[C@@H]1OC[C@H]2O.C=C(O)CCC(=O)O[C@H]1CO[C@H]2[C@@H]1OC[C@H]2OC(=O)/C=C/C(=O)O.C[C@H]1CO[C@H]2[C@@H]1OC[C@H]2OC(=O)/C=C/C(=O)O. The minimum atomic E-state index is -1.27. The Morgan fingerprint density at radius 2 is 0.525 bits per heavy atom. The fourth-order valence-corrected chi connectivity index (χ4v) is 10.7. The second-order valence-corrected chi connectivity index (χ2v) is 22.8. The van der Waals surface area contributed by atoms with Crippen molar-refractivity contribution in [2.45, 2.75) is 149 Å². The van der Waals surface area contributed by atoms with Crippen molar-refractivity contribution in [2.75, 3.05) is 66.1 Å². The van der Waals surface area contributed by atoms with Gasteiger partial charge in [0.25, 0.3) is 0 Å². The molecule has 99 heavy (non-hydrogen) atoms. The number of esters is 7. The standard InChI is InChI=1S/C15H18O9.C15H16O9.C11H14O6.C11H16O6.C11H14O6/c2*1-8(16)2-4-12(19)23-9-6-21-15-10(7-22-14(9)15)24-13(20)5-3-11(17)18;1-6-4-15-11-7(5-16-10(6)11)17-9(14)3-2-8(12)13;2*1-6(12)2-3-9(14)17-8-5-16-10-7(13)4-15-11(8)10/h3,5,9-10,14-16H,1-2,4,6-7H2,(H,17,18);2-5,9-10,14-16H,1,6-7H2,(H,17,18);2-3,6-7,10-11H,4-5H2,1H3,(H,12,13);7-8,10-13H,1-5H2;2-3,7-8,10-13H,1,4-5H2/b5-3+;4-2-,5-3+;3-2+;;3-2-/t2*9-,10+,14+,15+;6-,7+,10+,11+;2*7-,8+,10-,11-/m00011/s1. The summed E-state index contributed by atoms with van der Waals surface area (Å²) in [5.74, 6) is -8.70. The molecule has 10 saturated heterocycles. The van der Waals surface area contributed by atoms with Gasteiger partial charge in [0.1, 0.15) is 78.7 Å². The smallest absolute Gasteiger partial charge is 0.331 e. The van der Waals surface area contributed by atoms with E-state index in [1.54, 1.807) is 0 Å². The van der Waals surface area contributed by atoms with E-state index in [9.17, 15) is 58.2 Å². The Hall–Kier alpha value is -8.92. The summed E-state index contributed by atoms with van der Waals surface area (Å²) in [4.78, 5) is 111. The molecule has 0 unspecified atom stereocenters. The molecule has 0 aromatic rings. The number of hydrogen-bond acceptors (Lipinski definition) is 33. The molecule has 0 aliphatic carbocycles. The van der Waals surface area contributed by atoms with Crippen LogP contribution in [0.5, 0.6) is 0 Å². The van der Waals surface area contributed by atoms with Crippen LogP contribution < -0.4 is 0 Å². The zero-order chi connectivity index (χ0) is 72.6. The molecule has 10 aliphatic heterocycles. The first-order valence-corrected chi connectivity index (χ1v) is 30.5. The van der Waals surface area contributed by atoms with Crippen LogP contribution in [0.25, 0.3) is 0 Å². The third kappa shape index (κ3) is 25.1. The largest absolute Gasteiger partial charge is 0.513 e. The number of ether oxygens (including phenoxy) is 17. The number of fused-ring (bicyclic) bond motifs is 5. The number of allylic oxidation sites excluding steroid dienone is 4. The first kappa shape index (κ1) is 79.1. The van der Waals surface area contributed by atoms with E-state index in [4.69, 9.17) is 116 Å². The van der Waals surface area contributed by atoms with Gasteiger partial charge in [-0.05, 0) is 12.2 Å². The second-order valence-electron chi connectivity index (χ2n) is 22.8. The van der Waals surface area contributed by atoms with Crippen LogP contribution in [0.15, 0.2) is 110 Å². The van der Waals surface area contributed by atoms with Crippen molar-refractivity contribution in [1.29, 1.82) is 0 Å². The molecular weight excluding hydrogens is 1330 g/mol. The maximum absolute atomic E-state index is 11.7. The number of hydrogen-bond donors (Lipinski definition) is 9. The molecule has 10 fully saturated rings. The highest BCUT2D eigenvalue weighted by Crippen LogP contribution is 2.35. The van der Waals surface area contributed by atoms with Gasteiger partial charge in [0.2, 0.25) is 0 Å². The number of rotatable bonds is 23. The molecule has 0 radical (unpaired) electrons. The van der Waals surface area contributed by atoms with E-state index in [1.165, 1.54) is 0 Å². The lowest BCUT2D eigenvalue weighted by Crippen LogP contribution is -2.35. The zero-order valence-corrected chi connectivity index (χ0v) is 53.1. The van der Waals surface area contributed by atoms with Crippen LogP contribution in [0.4, 0.5) is 0 Å². The first-order chi connectivity index (χ1) is 47.0. The topological polar surface area (TPSA) is 510 Å². The first-order valence-electron chi connectivity index (χ1n) is 30.5. The average Bonchev–Trinajstić information content (AvgIpc) is 1.75. The molecule has 0 amide bonds. The van der Waals surface area contributed by atoms with E-state index >= 15 is 0 Å². The molecule has 0 bridgehead atoms. The Balaban J connectivity index is 0.000000197. The minimum absolute atomic E-state index is 0.0123. The van der Waals surface area contributed by atoms with E-state index in [-0.39, 0.29) is 120 Å². The lowest BCUT2D eigenvalue weighted by atomic mass is 10.0. The summed E-state index contributed by atoms with van der Waals surface area (Å²) in [6, 6.07) is 0. The highest BCUT2D eigenvalue weighted by atomic mass is 16.7. The summed E-state index contributed by atoms with van der Waals surface area (Å²) in [6.07, 6.45) is -0.551. The van der Waals surface area contributed by atoms with Crippen molar-refractivity contribution >= 4 is 59.7 Å². The Labute approximate surface area is 563 Å². The summed E-state index contributed by atoms with van der Waals surface area (Å²) < 4.78 is 89.9. The summed E-state index contributed by atoms with van der Waals surface area (Å²) >= 11 is 0. The van der Waals surface area contributed by atoms with Crippen molar-refractivity contribution in [2.24, 2.45) is 5.92 Å². The van der Waals surface area contributed by atoms with Crippen LogP contribution in [-0.2, 0) is 128 Å². The quantitative estimate of drug-likeness (QED) is 0.0205. The molecular formula is C63H78O36. The van der Waals surface area contributed by atoms with Gasteiger partial charge in [-0.3, -0.25) is 9.59 Å². The van der Waals surface area contributed by atoms with Crippen LogP contribution in [-0.4, -0.2) is 288 Å². The number of carbonyl (C=O) groups is 10. The Bertz CT molecular complexity index is 2960. The molecule has 36 heteroatoms. The molecule has 0 saturated carbocycles. The number of carbonyl (C=O) groups excluding carboxylic acids is 7. The Morgan fingerprint density at radius 1 is 0.303 bits per heavy atom. The number of aliphatic hydroxyl groups excluding tert-OH is 6. The van der Waals surface area contributed by atoms with Crippen molar-refractivity contribution in [3.8, 4) is 0 Å².